The van der Waals surface area contributed by atoms with Crippen molar-refractivity contribution in [3.05, 3.63) is 41.7 Å². The molecule has 0 radical (unpaired) electrons. The summed E-state index contributed by atoms with van der Waals surface area (Å²) in [6.45, 7) is 4.75. The van der Waals surface area contributed by atoms with Gasteiger partial charge in [0.1, 0.15) is 10.6 Å². The Balaban J connectivity index is 1.81. The van der Waals surface area contributed by atoms with E-state index in [1.807, 2.05) is 24.3 Å². The number of morpholine rings is 1. The second kappa shape index (κ2) is 8.39. The molecule has 1 aliphatic heterocycles. The Labute approximate surface area is 160 Å². The summed E-state index contributed by atoms with van der Waals surface area (Å²) in [4.78, 5) is 2.45. The van der Waals surface area contributed by atoms with Crippen molar-refractivity contribution in [3.8, 4) is 5.75 Å². The zero-order valence-electron chi connectivity index (χ0n) is 15.9. The van der Waals surface area contributed by atoms with Crippen molar-refractivity contribution in [1.29, 1.82) is 0 Å². The number of benzene rings is 1. The van der Waals surface area contributed by atoms with E-state index in [1.165, 1.54) is 10.9 Å². The molecule has 1 atom stereocenters. The number of methoxy groups -OCH3 is 1. The first-order valence-corrected chi connectivity index (χ1v) is 10.3. The lowest BCUT2D eigenvalue weighted by Crippen LogP contribution is -2.43. The second-order valence-electron chi connectivity index (χ2n) is 6.54. The molecule has 1 aromatic carbocycles. The maximum atomic E-state index is 12.8. The summed E-state index contributed by atoms with van der Waals surface area (Å²) in [6.07, 6.45) is 1.52. The Hall–Kier alpha value is -1.94. The largest absolute Gasteiger partial charge is 0.497 e. The molecular weight excluding hydrogens is 368 g/mol. The van der Waals surface area contributed by atoms with Gasteiger partial charge in [0.15, 0.2) is 0 Å². The van der Waals surface area contributed by atoms with Crippen molar-refractivity contribution >= 4 is 10.0 Å². The van der Waals surface area contributed by atoms with Gasteiger partial charge in [-0.25, -0.2) is 13.1 Å². The van der Waals surface area contributed by atoms with Crippen LogP contribution in [0.1, 0.15) is 17.3 Å². The lowest BCUT2D eigenvalue weighted by Gasteiger charge is -2.35. The average molecular weight is 394 g/mol. The van der Waals surface area contributed by atoms with Gasteiger partial charge in [-0.05, 0) is 24.6 Å². The van der Waals surface area contributed by atoms with Gasteiger partial charge in [0.2, 0.25) is 10.0 Å². The quantitative estimate of drug-likeness (QED) is 0.757. The van der Waals surface area contributed by atoms with Gasteiger partial charge in [-0.3, -0.25) is 9.58 Å². The molecule has 2 aromatic rings. The topological polar surface area (TPSA) is 85.7 Å². The smallest absolute Gasteiger partial charge is 0.244 e. The summed E-state index contributed by atoms with van der Waals surface area (Å²) in [7, 11) is -0.309. The molecule has 1 fully saturated rings. The fraction of sp³-hybridized carbons (Fsp3) is 0.500. The van der Waals surface area contributed by atoms with E-state index in [4.69, 9.17) is 9.47 Å². The minimum atomic E-state index is -3.64. The molecule has 0 bridgehead atoms. The van der Waals surface area contributed by atoms with Gasteiger partial charge >= 0.3 is 0 Å². The standard InChI is InChI=1S/C18H26N4O4S/c1-14-18(13-21(2)20-14)27(23,24)19-12-17(22-8-10-26-11-9-22)15-4-6-16(25-3)7-5-15/h4-7,13,17,19H,8-12H2,1-3H3. The zero-order valence-corrected chi connectivity index (χ0v) is 16.7. The molecule has 1 N–H and O–H groups in total. The molecule has 1 saturated heterocycles. The fourth-order valence-electron chi connectivity index (χ4n) is 3.28. The van der Waals surface area contributed by atoms with Crippen LogP contribution in [0, 0.1) is 6.92 Å². The molecule has 9 heteroatoms. The lowest BCUT2D eigenvalue weighted by atomic mass is 10.0. The van der Waals surface area contributed by atoms with E-state index in [-0.39, 0.29) is 17.5 Å². The Morgan fingerprint density at radius 3 is 2.48 bits per heavy atom. The van der Waals surface area contributed by atoms with Gasteiger partial charge in [0.25, 0.3) is 0 Å². The second-order valence-corrected chi connectivity index (χ2v) is 8.28. The molecule has 148 valence electrons. The van der Waals surface area contributed by atoms with E-state index >= 15 is 0 Å². The fourth-order valence-corrected chi connectivity index (χ4v) is 4.53. The molecule has 2 heterocycles. The molecule has 1 aromatic heterocycles. The predicted octanol–water partition coefficient (Wildman–Crippen LogP) is 1.09. The summed E-state index contributed by atoms with van der Waals surface area (Å²) >= 11 is 0. The summed E-state index contributed by atoms with van der Waals surface area (Å²) in [5.74, 6) is 0.769. The summed E-state index contributed by atoms with van der Waals surface area (Å²) in [5, 5.41) is 4.13. The number of sulfonamides is 1. The summed E-state index contributed by atoms with van der Waals surface area (Å²) < 4.78 is 40.5. The highest BCUT2D eigenvalue weighted by Crippen LogP contribution is 2.24. The number of rotatable bonds is 7. The molecule has 8 nitrogen and oxygen atoms in total. The Morgan fingerprint density at radius 1 is 1.26 bits per heavy atom. The molecule has 0 saturated carbocycles. The number of nitrogens with zero attached hydrogens (tertiary/aromatic N) is 3. The van der Waals surface area contributed by atoms with Gasteiger partial charge in [0, 0.05) is 38.9 Å². The minimum absolute atomic E-state index is 0.0911. The van der Waals surface area contributed by atoms with E-state index in [9.17, 15) is 8.42 Å². The van der Waals surface area contributed by atoms with Crippen LogP contribution in [-0.2, 0) is 21.8 Å². The van der Waals surface area contributed by atoms with E-state index in [0.29, 0.717) is 18.9 Å². The first-order valence-electron chi connectivity index (χ1n) is 8.86. The van der Waals surface area contributed by atoms with Crippen molar-refractivity contribution in [2.24, 2.45) is 7.05 Å². The summed E-state index contributed by atoms with van der Waals surface area (Å²) in [6, 6.07) is 7.64. The van der Waals surface area contributed by atoms with Crippen LogP contribution in [0.2, 0.25) is 0 Å². The highest BCUT2D eigenvalue weighted by molar-refractivity contribution is 7.89. The molecule has 1 unspecified atom stereocenters. The van der Waals surface area contributed by atoms with Gasteiger partial charge in [0.05, 0.1) is 26.0 Å². The highest BCUT2D eigenvalue weighted by atomic mass is 32.2. The van der Waals surface area contributed by atoms with Gasteiger partial charge in [-0.15, -0.1) is 0 Å². The normalized spacial score (nSPS) is 17.0. The molecule has 0 aliphatic carbocycles. The number of ether oxygens (including phenoxy) is 2. The number of nitrogens with one attached hydrogen (secondary N) is 1. The van der Waals surface area contributed by atoms with Gasteiger partial charge in [-0.2, -0.15) is 5.10 Å². The van der Waals surface area contributed by atoms with Crippen LogP contribution in [0.4, 0.5) is 0 Å². The Kier molecular flexibility index (Phi) is 6.15. The van der Waals surface area contributed by atoms with E-state index in [2.05, 4.69) is 14.7 Å². The van der Waals surface area contributed by atoms with Crippen LogP contribution in [0.5, 0.6) is 5.75 Å². The van der Waals surface area contributed by atoms with E-state index in [1.54, 1.807) is 21.1 Å². The molecule has 0 amide bonds. The van der Waals surface area contributed by atoms with Crippen molar-refractivity contribution in [1.82, 2.24) is 19.4 Å². The van der Waals surface area contributed by atoms with Crippen LogP contribution in [0.15, 0.2) is 35.4 Å². The zero-order chi connectivity index (χ0) is 19.4. The lowest BCUT2D eigenvalue weighted by molar-refractivity contribution is 0.0172. The van der Waals surface area contributed by atoms with Crippen LogP contribution in [0.3, 0.4) is 0 Å². The third-order valence-corrected chi connectivity index (χ3v) is 6.24. The van der Waals surface area contributed by atoms with Crippen molar-refractivity contribution in [3.63, 3.8) is 0 Å². The molecule has 3 rings (SSSR count). The monoisotopic (exact) mass is 394 g/mol. The molecule has 1 aliphatic rings. The maximum Gasteiger partial charge on any atom is 0.244 e. The van der Waals surface area contributed by atoms with Crippen LogP contribution in [-0.4, -0.2) is 63.1 Å². The van der Waals surface area contributed by atoms with Crippen LogP contribution < -0.4 is 9.46 Å². The van der Waals surface area contributed by atoms with Crippen molar-refractivity contribution < 1.29 is 17.9 Å². The molecule has 0 spiro atoms. The van der Waals surface area contributed by atoms with Crippen LogP contribution >= 0.6 is 0 Å². The van der Waals surface area contributed by atoms with E-state index in [0.717, 1.165) is 24.4 Å². The highest BCUT2D eigenvalue weighted by Gasteiger charge is 2.26. The third kappa shape index (κ3) is 4.67. The molecular formula is C18H26N4O4S. The summed E-state index contributed by atoms with van der Waals surface area (Å²) in [5.41, 5.74) is 1.51. The number of aromatic nitrogens is 2. The van der Waals surface area contributed by atoms with E-state index < -0.39 is 10.0 Å². The predicted molar refractivity (Wildman–Crippen MR) is 101 cm³/mol. The third-order valence-electron chi connectivity index (χ3n) is 4.71. The number of hydrogen-bond donors (Lipinski definition) is 1. The number of aryl methyl sites for hydroxylation is 2. The average Bonchev–Trinajstić information content (AvgIpc) is 3.02. The van der Waals surface area contributed by atoms with Crippen LogP contribution in [0.25, 0.3) is 0 Å². The van der Waals surface area contributed by atoms with Gasteiger partial charge in [-0.1, -0.05) is 12.1 Å². The Bertz CT molecular complexity index is 858. The first-order chi connectivity index (χ1) is 12.9. The van der Waals surface area contributed by atoms with Crippen molar-refractivity contribution in [2.75, 3.05) is 40.0 Å². The van der Waals surface area contributed by atoms with Gasteiger partial charge < -0.3 is 9.47 Å². The Morgan fingerprint density at radius 2 is 1.93 bits per heavy atom. The maximum absolute atomic E-state index is 12.8. The minimum Gasteiger partial charge on any atom is -0.497 e. The molecule has 27 heavy (non-hydrogen) atoms. The van der Waals surface area contributed by atoms with Crippen molar-refractivity contribution in [2.45, 2.75) is 17.9 Å². The number of hydrogen-bond acceptors (Lipinski definition) is 6. The first kappa shape index (κ1) is 19.8. The SMILES string of the molecule is COc1ccc(C(CNS(=O)(=O)c2cn(C)nc2C)N2CCOCC2)cc1.